The molecule has 0 unspecified atom stereocenters. The van der Waals surface area contributed by atoms with Crippen molar-refractivity contribution in [3.63, 3.8) is 0 Å². The number of rotatable bonds is 10. The monoisotopic (exact) mass is 320 g/mol. The van der Waals surface area contributed by atoms with Crippen LogP contribution in [0.3, 0.4) is 0 Å². The molecule has 90 valence electrons. The lowest BCUT2D eigenvalue weighted by Crippen LogP contribution is -2.47. The Kier molecular flexibility index (Phi) is 11.2. The highest BCUT2D eigenvalue weighted by atomic mass is 32.5. The second-order valence-electron chi connectivity index (χ2n) is 3.44. The van der Waals surface area contributed by atoms with E-state index in [0.29, 0.717) is 8.91 Å². The van der Waals surface area contributed by atoms with E-state index in [1.165, 1.54) is 24.2 Å². The Balaban J connectivity index is 4.29. The van der Waals surface area contributed by atoms with Gasteiger partial charge >= 0.3 is 0 Å². The normalized spacial score (nSPS) is 12.4. The summed E-state index contributed by atoms with van der Waals surface area (Å²) in [4.78, 5) is 0. The standard InChI is InChI=1S/C8H20O2SSi5/c1-5-15(6-2)10-16(7-3,8-4)14-11-13-9-12/h5-8H2,1-4H3. The van der Waals surface area contributed by atoms with Gasteiger partial charge in [-0.3, -0.25) is 0 Å². The molecule has 0 atom stereocenters. The first kappa shape index (κ1) is 17.4. The summed E-state index contributed by atoms with van der Waals surface area (Å²) >= 11 is 0. The van der Waals surface area contributed by atoms with Gasteiger partial charge in [0.05, 0.1) is 0 Å². The molecule has 0 spiro atoms. The summed E-state index contributed by atoms with van der Waals surface area (Å²) in [5.41, 5.74) is 0. The van der Waals surface area contributed by atoms with Gasteiger partial charge in [0.1, 0.15) is 8.19 Å². The zero-order valence-corrected chi connectivity index (χ0v) is 16.4. The van der Waals surface area contributed by atoms with E-state index >= 15 is 0 Å². The van der Waals surface area contributed by atoms with Crippen LogP contribution < -0.4 is 0 Å². The van der Waals surface area contributed by atoms with Crippen molar-refractivity contribution in [2.24, 2.45) is 0 Å². The van der Waals surface area contributed by atoms with Gasteiger partial charge in [-0.2, -0.15) is 10.7 Å². The molecule has 2 nitrogen and oxygen atoms in total. The third-order valence-corrected chi connectivity index (χ3v) is 23.3. The first-order chi connectivity index (χ1) is 7.67. The van der Waals surface area contributed by atoms with Crippen molar-refractivity contribution < 1.29 is 8.23 Å². The van der Waals surface area contributed by atoms with E-state index in [2.05, 4.69) is 38.2 Å². The highest BCUT2D eigenvalue weighted by Gasteiger charge is 2.34. The molecule has 0 rings (SSSR count). The van der Waals surface area contributed by atoms with E-state index in [1.54, 1.807) is 0 Å². The zero-order valence-electron chi connectivity index (χ0n) is 10.6. The Bertz CT molecular complexity index is 167. The molecule has 0 aliphatic heterocycles. The highest BCUT2D eigenvalue weighted by Crippen LogP contribution is 2.22. The fourth-order valence-corrected chi connectivity index (χ4v) is 24.4. The molecule has 8 radical (unpaired) electrons. The lowest BCUT2D eigenvalue weighted by Gasteiger charge is -2.32. The number of hydrogen-bond donors (Lipinski definition) is 0. The fraction of sp³-hybridized carbons (Fsp3) is 1.00. The summed E-state index contributed by atoms with van der Waals surface area (Å²) in [6.07, 6.45) is 0. The zero-order chi connectivity index (χ0) is 12.4. The molecule has 16 heavy (non-hydrogen) atoms. The Morgan fingerprint density at radius 3 is 2.12 bits per heavy atom. The molecule has 0 saturated carbocycles. The topological polar surface area (TPSA) is 18.5 Å². The molecule has 0 aliphatic rings. The van der Waals surface area contributed by atoms with E-state index in [0.717, 1.165) is 8.19 Å². The molecule has 0 N–H and O–H groups in total. The van der Waals surface area contributed by atoms with Crippen LogP contribution in [-0.4, -0.2) is 44.5 Å². The van der Waals surface area contributed by atoms with Gasteiger partial charge in [0.25, 0.3) is 8.91 Å². The summed E-state index contributed by atoms with van der Waals surface area (Å²) in [7, 11) is 4.41. The summed E-state index contributed by atoms with van der Waals surface area (Å²) in [6.45, 7) is 9.13. The van der Waals surface area contributed by atoms with Crippen molar-refractivity contribution in [2.45, 2.75) is 51.9 Å². The van der Waals surface area contributed by atoms with E-state index in [-0.39, 0.29) is 0 Å². The molecule has 0 bridgehead atoms. The Morgan fingerprint density at radius 2 is 1.75 bits per heavy atom. The van der Waals surface area contributed by atoms with Gasteiger partial charge in [-0.05, 0) is 24.2 Å². The van der Waals surface area contributed by atoms with Crippen molar-refractivity contribution in [3.8, 4) is 0 Å². The lowest BCUT2D eigenvalue weighted by atomic mass is 10.9. The molecule has 0 aliphatic carbocycles. The average molecular weight is 321 g/mol. The summed E-state index contributed by atoms with van der Waals surface area (Å²) in [6, 6.07) is 4.97. The smallest absolute Gasteiger partial charge is 0.293 e. The van der Waals surface area contributed by atoms with Gasteiger partial charge in [0.15, 0.2) is 16.9 Å². The van der Waals surface area contributed by atoms with Crippen LogP contribution in [0.1, 0.15) is 27.7 Å². The van der Waals surface area contributed by atoms with Crippen LogP contribution in [0.5, 0.6) is 0 Å². The Hall–Kier alpha value is 1.35. The predicted molar refractivity (Wildman–Crippen MR) is 80.5 cm³/mol. The molecular weight excluding hydrogens is 301 g/mol. The van der Waals surface area contributed by atoms with Crippen LogP contribution in [0.15, 0.2) is 0 Å². The molecule has 0 fully saturated rings. The Morgan fingerprint density at radius 1 is 1.19 bits per heavy atom. The second kappa shape index (κ2) is 10.3. The van der Waals surface area contributed by atoms with Gasteiger partial charge in [-0.1, -0.05) is 27.7 Å². The second-order valence-corrected chi connectivity index (χ2v) is 19.7. The summed E-state index contributed by atoms with van der Waals surface area (Å²) in [5, 5.41) is 0. The molecule has 0 amide bonds. The molecular formula is C8H20O2SSi5. The SMILES string of the molecule is CC[Si](CC)O[Si](CC)(CC)[Si]S[Si]O[Si]. The highest BCUT2D eigenvalue weighted by molar-refractivity contribution is 8.44. The van der Waals surface area contributed by atoms with E-state index in [9.17, 15) is 0 Å². The third-order valence-electron chi connectivity index (χ3n) is 2.59. The maximum atomic E-state index is 6.55. The van der Waals surface area contributed by atoms with E-state index in [1.807, 2.05) is 10.7 Å². The van der Waals surface area contributed by atoms with Crippen LogP contribution in [0, 0.1) is 0 Å². The minimum absolute atomic E-state index is 0.501. The van der Waals surface area contributed by atoms with Crippen molar-refractivity contribution in [3.05, 3.63) is 0 Å². The third kappa shape index (κ3) is 6.33. The first-order valence-electron chi connectivity index (χ1n) is 5.72. The lowest BCUT2D eigenvalue weighted by molar-refractivity contribution is 0.566. The van der Waals surface area contributed by atoms with Crippen LogP contribution in [-0.2, 0) is 8.23 Å². The van der Waals surface area contributed by atoms with Crippen LogP contribution in [0.2, 0.25) is 24.2 Å². The van der Waals surface area contributed by atoms with Crippen LogP contribution in [0.4, 0.5) is 0 Å². The van der Waals surface area contributed by atoms with E-state index < -0.39 is 16.9 Å². The minimum atomic E-state index is -1.44. The van der Waals surface area contributed by atoms with Gasteiger partial charge in [0.2, 0.25) is 10.5 Å². The molecule has 0 aromatic heterocycles. The quantitative estimate of drug-likeness (QED) is 0.455. The average Bonchev–Trinajstić information content (AvgIpc) is 2.34. The van der Waals surface area contributed by atoms with Crippen LogP contribution in [0.25, 0.3) is 0 Å². The molecule has 0 saturated heterocycles. The van der Waals surface area contributed by atoms with Crippen LogP contribution >= 0.6 is 10.7 Å². The maximum Gasteiger partial charge on any atom is 0.293 e. The van der Waals surface area contributed by atoms with Gasteiger partial charge in [0, 0.05) is 0 Å². The minimum Gasteiger partial charge on any atom is -0.457 e. The maximum absolute atomic E-state index is 6.55. The molecule has 0 aromatic carbocycles. The van der Waals surface area contributed by atoms with Crippen molar-refractivity contribution in [2.75, 3.05) is 0 Å². The Labute approximate surface area is 115 Å². The van der Waals surface area contributed by atoms with Gasteiger partial charge < -0.3 is 8.23 Å². The van der Waals surface area contributed by atoms with Crippen molar-refractivity contribution in [1.29, 1.82) is 0 Å². The largest absolute Gasteiger partial charge is 0.457 e. The summed E-state index contributed by atoms with van der Waals surface area (Å²) < 4.78 is 11.5. The molecule has 8 heteroatoms. The first-order valence-corrected chi connectivity index (χ1v) is 15.4. The molecule has 0 heterocycles. The fourth-order valence-electron chi connectivity index (χ4n) is 1.36. The van der Waals surface area contributed by atoms with Gasteiger partial charge in [-0.25, -0.2) is 0 Å². The van der Waals surface area contributed by atoms with Crippen molar-refractivity contribution >= 4 is 55.1 Å². The molecule has 0 aromatic rings. The van der Waals surface area contributed by atoms with E-state index in [4.69, 9.17) is 8.23 Å². The number of hydrogen-bond acceptors (Lipinski definition) is 3. The summed E-state index contributed by atoms with van der Waals surface area (Å²) in [5.74, 6) is 0. The van der Waals surface area contributed by atoms with Crippen molar-refractivity contribution in [1.82, 2.24) is 0 Å². The van der Waals surface area contributed by atoms with Gasteiger partial charge in [-0.15, -0.1) is 0 Å². The predicted octanol–water partition coefficient (Wildman–Crippen LogP) is 2.50.